The number of aromatic nitrogens is 5. The molecule has 1 aliphatic carbocycles. The molecule has 0 amide bonds. The molecule has 144 valence electrons. The van der Waals surface area contributed by atoms with E-state index >= 15 is 0 Å². The van der Waals surface area contributed by atoms with Gasteiger partial charge in [0.05, 0.1) is 24.1 Å². The van der Waals surface area contributed by atoms with Crippen molar-refractivity contribution in [1.82, 2.24) is 24.9 Å². The molecular weight excluding hydrogens is 364 g/mol. The first-order valence-electron chi connectivity index (χ1n) is 8.90. The van der Waals surface area contributed by atoms with E-state index in [-0.39, 0.29) is 18.6 Å². The average molecular weight is 382 g/mol. The molecule has 0 spiro atoms. The van der Waals surface area contributed by atoms with Crippen LogP contribution in [0, 0.1) is 5.92 Å². The minimum absolute atomic E-state index is 0.219. The van der Waals surface area contributed by atoms with E-state index in [4.69, 9.17) is 15.0 Å². The number of hydrogen-bond acceptors (Lipinski definition) is 9. The first-order chi connectivity index (χ1) is 13.6. The second kappa shape index (κ2) is 6.43. The molecule has 1 aliphatic rings. The smallest absolute Gasteiger partial charge is 0.191 e. The number of anilines is 1. The molecule has 3 aromatic heterocycles. The molecule has 0 unspecified atom stereocenters. The van der Waals surface area contributed by atoms with Gasteiger partial charge in [-0.15, -0.1) is 5.10 Å². The van der Waals surface area contributed by atoms with Crippen LogP contribution in [0.1, 0.15) is 12.5 Å². The Hall–Kier alpha value is -3.24. The van der Waals surface area contributed by atoms with Gasteiger partial charge in [-0.3, -0.25) is 0 Å². The summed E-state index contributed by atoms with van der Waals surface area (Å²) in [6.45, 7) is 0.219. The molecule has 28 heavy (non-hydrogen) atoms. The Morgan fingerprint density at radius 2 is 2.11 bits per heavy atom. The normalized spacial score (nSPS) is 24.9. The van der Waals surface area contributed by atoms with Crippen molar-refractivity contribution in [2.75, 3.05) is 12.3 Å². The van der Waals surface area contributed by atoms with Crippen molar-refractivity contribution in [3.8, 4) is 5.75 Å². The topological polar surface area (TPSA) is 145 Å². The first-order valence-corrected chi connectivity index (χ1v) is 8.90. The van der Waals surface area contributed by atoms with Gasteiger partial charge in [0.1, 0.15) is 23.9 Å². The predicted octanol–water partition coefficient (Wildman–Crippen LogP) is 0.911. The summed E-state index contributed by atoms with van der Waals surface area (Å²) in [5.74, 6) is 0.633. The van der Waals surface area contributed by atoms with Crippen LogP contribution in [0.3, 0.4) is 0 Å². The molecule has 10 nitrogen and oxygen atoms in total. The van der Waals surface area contributed by atoms with E-state index in [2.05, 4.69) is 20.3 Å². The Bertz CT molecular complexity index is 1140. The Morgan fingerprint density at radius 1 is 1.21 bits per heavy atom. The number of hydrogen-bond donors (Lipinski definition) is 3. The van der Waals surface area contributed by atoms with Crippen LogP contribution in [0.4, 0.5) is 5.82 Å². The number of nitrogen functional groups attached to an aromatic ring is 1. The van der Waals surface area contributed by atoms with Crippen molar-refractivity contribution in [3.05, 3.63) is 36.8 Å². The fourth-order valence-electron chi connectivity index (χ4n) is 3.89. The molecule has 0 bridgehead atoms. The van der Waals surface area contributed by atoms with Gasteiger partial charge in [0.25, 0.3) is 0 Å². The van der Waals surface area contributed by atoms with E-state index in [1.165, 1.54) is 6.33 Å². The van der Waals surface area contributed by atoms with Crippen LogP contribution in [-0.2, 0) is 0 Å². The standard InChI is InChI=1S/C18H18N6O4/c19-17-10-4-5-24(18(10)21-8-20-17)11-6-9(15(25)16(11)26)7-27-12-2-1-3-13-14(12)22-23-28-13/h1-5,8-9,11,15-16,25-26H,6-7H2,(H2,19,20,21)/t9-,11-,15-,16+/m1/s1. The second-order valence-corrected chi connectivity index (χ2v) is 6.95. The number of rotatable bonds is 4. The van der Waals surface area contributed by atoms with Gasteiger partial charge in [0, 0.05) is 17.4 Å². The summed E-state index contributed by atoms with van der Waals surface area (Å²) in [5.41, 5.74) is 7.57. The maximum Gasteiger partial charge on any atom is 0.191 e. The van der Waals surface area contributed by atoms with Crippen LogP contribution in [0.15, 0.2) is 41.3 Å². The lowest BCUT2D eigenvalue weighted by molar-refractivity contribution is -0.00133. The largest absolute Gasteiger partial charge is 0.491 e. The molecule has 0 saturated heterocycles. The molecule has 0 aliphatic heterocycles. The predicted molar refractivity (Wildman–Crippen MR) is 98.4 cm³/mol. The molecule has 1 aromatic carbocycles. The molecule has 4 N–H and O–H groups in total. The minimum atomic E-state index is -0.954. The summed E-state index contributed by atoms with van der Waals surface area (Å²) in [4.78, 5) is 8.26. The number of aliphatic hydroxyl groups excluding tert-OH is 2. The summed E-state index contributed by atoms with van der Waals surface area (Å²) in [6, 6.07) is 6.76. The van der Waals surface area contributed by atoms with Crippen LogP contribution in [0.25, 0.3) is 22.1 Å². The van der Waals surface area contributed by atoms with Crippen molar-refractivity contribution >= 4 is 28.0 Å². The molecule has 1 saturated carbocycles. The van der Waals surface area contributed by atoms with Gasteiger partial charge in [0.15, 0.2) is 16.8 Å². The summed E-state index contributed by atoms with van der Waals surface area (Å²) in [6.07, 6.45) is 1.82. The van der Waals surface area contributed by atoms with Crippen LogP contribution < -0.4 is 10.5 Å². The zero-order valence-electron chi connectivity index (χ0n) is 14.7. The van der Waals surface area contributed by atoms with Crippen molar-refractivity contribution in [1.29, 1.82) is 0 Å². The lowest BCUT2D eigenvalue weighted by Crippen LogP contribution is -2.31. The third-order valence-corrected chi connectivity index (χ3v) is 5.36. The second-order valence-electron chi connectivity index (χ2n) is 6.95. The number of nitrogens with zero attached hydrogens (tertiary/aromatic N) is 5. The van der Waals surface area contributed by atoms with E-state index in [0.29, 0.717) is 40.1 Å². The average Bonchev–Trinajstić information content (AvgIpc) is 3.40. The number of nitrogens with two attached hydrogens (primary N) is 1. The highest BCUT2D eigenvalue weighted by Gasteiger charge is 2.43. The number of fused-ring (bicyclic) bond motifs is 2. The van der Waals surface area contributed by atoms with E-state index in [1.54, 1.807) is 24.4 Å². The fourth-order valence-corrected chi connectivity index (χ4v) is 3.89. The highest BCUT2D eigenvalue weighted by atomic mass is 16.5. The third-order valence-electron chi connectivity index (χ3n) is 5.36. The van der Waals surface area contributed by atoms with E-state index in [9.17, 15) is 10.2 Å². The van der Waals surface area contributed by atoms with E-state index in [1.807, 2.05) is 10.6 Å². The molecule has 0 radical (unpaired) electrons. The van der Waals surface area contributed by atoms with E-state index in [0.717, 1.165) is 0 Å². The van der Waals surface area contributed by atoms with Gasteiger partial charge < -0.3 is 29.8 Å². The molecule has 4 atom stereocenters. The highest BCUT2D eigenvalue weighted by Crippen LogP contribution is 2.38. The SMILES string of the molecule is Nc1ncnc2c1ccn2[C@@H]1C[C@H](COc2cccc3onnc23)[C@@H](O)[C@H]1O. The van der Waals surface area contributed by atoms with Gasteiger partial charge in [0.2, 0.25) is 0 Å². The molecule has 3 heterocycles. The van der Waals surface area contributed by atoms with E-state index < -0.39 is 12.2 Å². The highest BCUT2D eigenvalue weighted by molar-refractivity contribution is 5.86. The van der Waals surface area contributed by atoms with Gasteiger partial charge >= 0.3 is 0 Å². The zero-order chi connectivity index (χ0) is 19.3. The quantitative estimate of drug-likeness (QED) is 0.469. The third kappa shape index (κ3) is 2.57. The summed E-state index contributed by atoms with van der Waals surface area (Å²) in [7, 11) is 0. The van der Waals surface area contributed by atoms with Crippen molar-refractivity contribution < 1.29 is 19.5 Å². The van der Waals surface area contributed by atoms with Crippen LogP contribution in [-0.4, -0.2) is 53.9 Å². The van der Waals surface area contributed by atoms with Crippen LogP contribution >= 0.6 is 0 Å². The molecule has 4 aromatic rings. The molecule has 1 fully saturated rings. The number of benzene rings is 1. The zero-order valence-corrected chi connectivity index (χ0v) is 14.7. The lowest BCUT2D eigenvalue weighted by atomic mass is 10.1. The Balaban J connectivity index is 1.37. The van der Waals surface area contributed by atoms with Crippen molar-refractivity contribution in [3.63, 3.8) is 0 Å². The Morgan fingerprint density at radius 3 is 3.00 bits per heavy atom. The lowest BCUT2D eigenvalue weighted by Gasteiger charge is -2.19. The number of ether oxygens (including phenoxy) is 1. The molecular formula is C18H18N6O4. The Kier molecular flexibility index (Phi) is 3.88. The molecule has 5 rings (SSSR count). The molecule has 10 heteroatoms. The van der Waals surface area contributed by atoms with Crippen molar-refractivity contribution in [2.24, 2.45) is 5.92 Å². The minimum Gasteiger partial charge on any atom is -0.491 e. The maximum atomic E-state index is 10.6. The summed E-state index contributed by atoms with van der Waals surface area (Å²) < 4.78 is 12.7. The maximum absolute atomic E-state index is 10.6. The van der Waals surface area contributed by atoms with Gasteiger partial charge in [-0.25, -0.2) is 9.97 Å². The first kappa shape index (κ1) is 16.9. The monoisotopic (exact) mass is 382 g/mol. The van der Waals surface area contributed by atoms with Gasteiger partial charge in [-0.2, -0.15) is 0 Å². The summed E-state index contributed by atoms with van der Waals surface area (Å²) >= 11 is 0. The summed E-state index contributed by atoms with van der Waals surface area (Å²) in [5, 5.41) is 29.3. The van der Waals surface area contributed by atoms with Crippen molar-refractivity contribution in [2.45, 2.75) is 24.7 Å². The van der Waals surface area contributed by atoms with Crippen LogP contribution in [0.2, 0.25) is 0 Å². The Labute approximate surface area is 158 Å². The fraction of sp³-hybridized carbons (Fsp3) is 0.333. The van der Waals surface area contributed by atoms with Gasteiger partial charge in [-0.05, 0) is 24.6 Å². The number of aliphatic hydroxyl groups is 2. The van der Waals surface area contributed by atoms with Crippen LogP contribution in [0.5, 0.6) is 5.75 Å². The van der Waals surface area contributed by atoms with Gasteiger partial charge in [-0.1, -0.05) is 6.07 Å².